The second-order valence-corrected chi connectivity index (χ2v) is 9.44. The Kier molecular flexibility index (Phi) is 6.70. The molecule has 2 aliphatic rings. The highest BCUT2D eigenvalue weighted by atomic mass is 16.2. The lowest BCUT2D eigenvalue weighted by Crippen LogP contribution is -2.50. The first-order valence-electron chi connectivity index (χ1n) is 12.3. The lowest BCUT2D eigenvalue weighted by Gasteiger charge is -2.35. The molecule has 3 heterocycles. The van der Waals surface area contributed by atoms with E-state index in [1.807, 2.05) is 41.3 Å². The van der Waals surface area contributed by atoms with E-state index in [2.05, 4.69) is 35.3 Å². The van der Waals surface area contributed by atoms with Crippen LogP contribution in [0.3, 0.4) is 0 Å². The van der Waals surface area contributed by atoms with Crippen LogP contribution in [-0.2, 0) is 11.2 Å². The zero-order valence-electron chi connectivity index (χ0n) is 19.5. The van der Waals surface area contributed by atoms with Crippen LogP contribution >= 0.6 is 0 Å². The molecule has 5 heteroatoms. The van der Waals surface area contributed by atoms with E-state index in [1.54, 1.807) is 17.3 Å². The summed E-state index contributed by atoms with van der Waals surface area (Å²) in [5.74, 6) is 0.677. The van der Waals surface area contributed by atoms with Gasteiger partial charge in [-0.2, -0.15) is 0 Å². The Morgan fingerprint density at radius 3 is 2.41 bits per heavy atom. The summed E-state index contributed by atoms with van der Waals surface area (Å²) >= 11 is 0. The number of likely N-dealkylation sites (tertiary alicyclic amines) is 2. The maximum atomic E-state index is 13.4. The largest absolute Gasteiger partial charge is 0.341 e. The van der Waals surface area contributed by atoms with Crippen LogP contribution < -0.4 is 0 Å². The lowest BCUT2D eigenvalue weighted by molar-refractivity contribution is -0.136. The molecule has 3 aromatic rings. The first-order chi connectivity index (χ1) is 16.7. The van der Waals surface area contributed by atoms with Crippen LogP contribution in [0.2, 0.25) is 0 Å². The topological polar surface area (TPSA) is 53.5 Å². The van der Waals surface area contributed by atoms with Gasteiger partial charge in [0.25, 0.3) is 5.91 Å². The number of nitrogens with zero attached hydrogens (tertiary/aromatic N) is 3. The fourth-order valence-electron chi connectivity index (χ4n) is 5.31. The van der Waals surface area contributed by atoms with Crippen LogP contribution in [0.15, 0.2) is 79.1 Å². The lowest BCUT2D eigenvalue weighted by atomic mass is 9.90. The van der Waals surface area contributed by atoms with Crippen LogP contribution in [-0.4, -0.2) is 52.3 Å². The van der Waals surface area contributed by atoms with E-state index in [9.17, 15) is 9.59 Å². The maximum Gasteiger partial charge on any atom is 0.254 e. The molecule has 2 saturated heterocycles. The first kappa shape index (κ1) is 22.3. The van der Waals surface area contributed by atoms with E-state index in [4.69, 9.17) is 0 Å². The summed E-state index contributed by atoms with van der Waals surface area (Å²) in [5.41, 5.74) is 3.93. The van der Waals surface area contributed by atoms with E-state index in [1.165, 1.54) is 5.56 Å². The second-order valence-electron chi connectivity index (χ2n) is 9.44. The standard InChI is InChI=1S/C29H31N3O2/c33-28(25-10-4-9-24(20-25)26-11-5-15-30-21-26)32-16-6-12-27(32)29(34)31-17-13-23(14-18-31)19-22-7-2-1-3-8-22/h1-5,7-11,15,20-21,23,27H,6,12-14,16-19H2. The zero-order chi connectivity index (χ0) is 23.3. The molecule has 0 saturated carbocycles. The van der Waals surface area contributed by atoms with Crippen LogP contribution in [0.5, 0.6) is 0 Å². The third kappa shape index (κ3) is 4.89. The molecular formula is C29H31N3O2. The molecule has 34 heavy (non-hydrogen) atoms. The molecule has 2 aromatic carbocycles. The fraction of sp³-hybridized carbons (Fsp3) is 0.345. The summed E-state index contributed by atoms with van der Waals surface area (Å²) in [6.45, 7) is 2.20. The second kappa shape index (κ2) is 10.2. The SMILES string of the molecule is O=C(C1CCCN1C(=O)c1cccc(-c2cccnc2)c1)N1CCC(Cc2ccccc2)CC1. The van der Waals surface area contributed by atoms with Crippen LogP contribution in [0.1, 0.15) is 41.6 Å². The highest BCUT2D eigenvalue weighted by Crippen LogP contribution is 2.27. The highest BCUT2D eigenvalue weighted by molar-refractivity contribution is 5.98. The molecular weight excluding hydrogens is 422 g/mol. The van der Waals surface area contributed by atoms with Gasteiger partial charge in [0, 0.05) is 43.2 Å². The molecule has 0 aliphatic carbocycles. The van der Waals surface area contributed by atoms with E-state index in [-0.39, 0.29) is 17.9 Å². The number of carbonyl (C=O) groups is 2. The van der Waals surface area contributed by atoms with E-state index >= 15 is 0 Å². The summed E-state index contributed by atoms with van der Waals surface area (Å²) in [7, 11) is 0. The Balaban J connectivity index is 1.23. The molecule has 1 unspecified atom stereocenters. The monoisotopic (exact) mass is 453 g/mol. The van der Waals surface area contributed by atoms with Gasteiger partial charge in [0.15, 0.2) is 0 Å². The molecule has 5 rings (SSSR count). The summed E-state index contributed by atoms with van der Waals surface area (Å²) in [5, 5.41) is 0. The third-order valence-corrected chi connectivity index (χ3v) is 7.20. The summed E-state index contributed by atoms with van der Waals surface area (Å²) in [4.78, 5) is 34.8. The van der Waals surface area contributed by atoms with Crippen molar-refractivity contribution < 1.29 is 9.59 Å². The Morgan fingerprint density at radius 1 is 0.853 bits per heavy atom. The summed E-state index contributed by atoms with van der Waals surface area (Å²) < 4.78 is 0. The quantitative estimate of drug-likeness (QED) is 0.556. The normalized spacial score (nSPS) is 18.8. The minimum absolute atomic E-state index is 0.0550. The number of amides is 2. The van der Waals surface area contributed by atoms with Crippen molar-refractivity contribution in [3.05, 3.63) is 90.3 Å². The number of benzene rings is 2. The van der Waals surface area contributed by atoms with Gasteiger partial charge >= 0.3 is 0 Å². The van der Waals surface area contributed by atoms with E-state index in [0.717, 1.165) is 56.3 Å². The van der Waals surface area contributed by atoms with Gasteiger partial charge in [-0.15, -0.1) is 0 Å². The van der Waals surface area contributed by atoms with Crippen molar-refractivity contribution in [2.45, 2.75) is 38.1 Å². The van der Waals surface area contributed by atoms with Crippen molar-refractivity contribution in [2.24, 2.45) is 5.92 Å². The number of hydrogen-bond acceptors (Lipinski definition) is 3. The van der Waals surface area contributed by atoms with E-state index < -0.39 is 0 Å². The molecule has 174 valence electrons. The van der Waals surface area contributed by atoms with Gasteiger partial charge in [0.2, 0.25) is 5.91 Å². The van der Waals surface area contributed by atoms with Crippen molar-refractivity contribution in [3.8, 4) is 11.1 Å². The maximum absolute atomic E-state index is 13.4. The van der Waals surface area contributed by atoms with Crippen molar-refractivity contribution in [1.82, 2.24) is 14.8 Å². The van der Waals surface area contributed by atoms with Crippen molar-refractivity contribution in [2.75, 3.05) is 19.6 Å². The predicted molar refractivity (Wildman–Crippen MR) is 133 cm³/mol. The molecule has 1 atom stereocenters. The number of pyridine rings is 1. The Morgan fingerprint density at radius 2 is 1.65 bits per heavy atom. The smallest absolute Gasteiger partial charge is 0.254 e. The number of piperidine rings is 1. The van der Waals surface area contributed by atoms with E-state index in [0.29, 0.717) is 18.0 Å². The van der Waals surface area contributed by atoms with Crippen molar-refractivity contribution >= 4 is 11.8 Å². The van der Waals surface area contributed by atoms with Crippen LogP contribution in [0, 0.1) is 5.92 Å². The Hall–Kier alpha value is -3.47. The number of carbonyl (C=O) groups excluding carboxylic acids is 2. The molecule has 0 spiro atoms. The average molecular weight is 454 g/mol. The zero-order valence-corrected chi connectivity index (χ0v) is 19.5. The fourth-order valence-corrected chi connectivity index (χ4v) is 5.31. The number of rotatable bonds is 5. The molecule has 2 fully saturated rings. The van der Waals surface area contributed by atoms with Gasteiger partial charge in [-0.25, -0.2) is 0 Å². The van der Waals surface area contributed by atoms with Gasteiger partial charge in [0.05, 0.1) is 0 Å². The summed E-state index contributed by atoms with van der Waals surface area (Å²) in [6.07, 6.45) is 8.27. The minimum atomic E-state index is -0.347. The molecule has 2 amide bonds. The molecule has 1 aromatic heterocycles. The van der Waals surface area contributed by atoms with Gasteiger partial charge in [-0.3, -0.25) is 14.6 Å². The van der Waals surface area contributed by atoms with Crippen molar-refractivity contribution in [3.63, 3.8) is 0 Å². The van der Waals surface area contributed by atoms with Crippen LogP contribution in [0.4, 0.5) is 0 Å². The predicted octanol–water partition coefficient (Wildman–Crippen LogP) is 4.83. The van der Waals surface area contributed by atoms with Gasteiger partial charge in [-0.1, -0.05) is 48.5 Å². The minimum Gasteiger partial charge on any atom is -0.341 e. The number of hydrogen-bond donors (Lipinski definition) is 0. The van der Waals surface area contributed by atoms with Gasteiger partial charge in [0.1, 0.15) is 6.04 Å². The highest BCUT2D eigenvalue weighted by Gasteiger charge is 2.37. The molecule has 5 nitrogen and oxygen atoms in total. The molecule has 0 radical (unpaired) electrons. The van der Waals surface area contributed by atoms with Gasteiger partial charge < -0.3 is 9.80 Å². The molecule has 0 N–H and O–H groups in total. The molecule has 0 bridgehead atoms. The number of aromatic nitrogens is 1. The Bertz CT molecular complexity index is 1120. The average Bonchev–Trinajstić information content (AvgIpc) is 3.39. The Labute approximate surface area is 201 Å². The van der Waals surface area contributed by atoms with Crippen molar-refractivity contribution in [1.29, 1.82) is 0 Å². The third-order valence-electron chi connectivity index (χ3n) is 7.20. The molecule has 2 aliphatic heterocycles. The first-order valence-corrected chi connectivity index (χ1v) is 12.3. The van der Waals surface area contributed by atoms with Gasteiger partial charge in [-0.05, 0) is 67.3 Å². The van der Waals surface area contributed by atoms with Crippen LogP contribution in [0.25, 0.3) is 11.1 Å². The summed E-state index contributed by atoms with van der Waals surface area (Å²) in [6, 6.07) is 21.8.